The third-order valence-corrected chi connectivity index (χ3v) is 6.44. The molecule has 3 aromatic rings. The van der Waals surface area contributed by atoms with Gasteiger partial charge in [0.15, 0.2) is 5.78 Å². The first-order chi connectivity index (χ1) is 15.2. The zero-order valence-electron chi connectivity index (χ0n) is 17.4. The van der Waals surface area contributed by atoms with Crippen LogP contribution in [0.4, 0.5) is 4.39 Å². The quantitative estimate of drug-likeness (QED) is 0.299. The molecular weight excluding hydrogens is 538 g/mol. The van der Waals surface area contributed by atoms with E-state index in [4.69, 9.17) is 46.4 Å². The van der Waals surface area contributed by atoms with Gasteiger partial charge in [0.25, 0.3) is 0 Å². The number of carbonyl (C=O) groups excluding carboxylic acids is 2. The Balaban J connectivity index is 0.00000204. The maximum absolute atomic E-state index is 13.3. The van der Waals surface area contributed by atoms with E-state index in [2.05, 4.69) is 6.07 Å². The number of halogens is 5. The van der Waals surface area contributed by atoms with Gasteiger partial charge in [-0.25, -0.2) is 0 Å². The summed E-state index contributed by atoms with van der Waals surface area (Å²) in [6.45, 7) is 0. The molecule has 0 bridgehead atoms. The number of phenolic OH excluding ortho intramolecular Hbond substituents is 1. The Morgan fingerprint density at radius 1 is 1.03 bits per heavy atom. The molecule has 0 aliphatic heterocycles. The van der Waals surface area contributed by atoms with Crippen LogP contribution >= 0.6 is 46.4 Å². The fourth-order valence-electron chi connectivity index (χ4n) is 3.35. The van der Waals surface area contributed by atoms with Gasteiger partial charge in [0, 0.05) is 22.8 Å². The summed E-state index contributed by atoms with van der Waals surface area (Å²) in [7, 11) is 0. The number of nitrogens with zero attached hydrogens (tertiary/aromatic N) is 1. The Labute approximate surface area is 236 Å². The van der Waals surface area contributed by atoms with E-state index < -0.39 is 17.4 Å². The monoisotopic (exact) mass is 548 g/mol. The third-order valence-electron chi connectivity index (χ3n) is 4.86. The molecule has 170 valence electrons. The summed E-state index contributed by atoms with van der Waals surface area (Å²) in [4.78, 5) is 26.4. The van der Waals surface area contributed by atoms with Crippen molar-refractivity contribution in [1.82, 2.24) is 4.57 Å². The number of hydrogen-bond donors (Lipinski definition) is 1. The van der Waals surface area contributed by atoms with Gasteiger partial charge in [0.2, 0.25) is 0 Å². The first kappa shape index (κ1) is 28.6. The Morgan fingerprint density at radius 2 is 1.71 bits per heavy atom. The van der Waals surface area contributed by atoms with Crippen molar-refractivity contribution in [2.75, 3.05) is 0 Å². The van der Waals surface area contributed by atoms with Crippen molar-refractivity contribution in [3.8, 4) is 5.75 Å². The molecule has 1 aromatic heterocycles. The first-order valence-electron chi connectivity index (χ1n) is 9.10. The van der Waals surface area contributed by atoms with Gasteiger partial charge in [-0.05, 0) is 18.2 Å². The minimum atomic E-state index is -0.576. The molecule has 34 heavy (non-hydrogen) atoms. The molecule has 4 rings (SSSR count). The normalized spacial score (nSPS) is 13.0. The van der Waals surface area contributed by atoms with E-state index in [0.29, 0.717) is 0 Å². The standard InChI is InChI=1S/C23H11Cl4FNO3.Na.H2O/c24-15-9-14(22(32)13-3-1-2-4-18(13)30)20(19(15)26)29-17(10-16(25)23(29)27)21(31)11-5-7-12(28)8-6-11;;/h1-5,7-8,10,30H,9H2;;1H2/q-1;+1;/p-1. The number of aromatic nitrogens is 1. The van der Waals surface area contributed by atoms with Crippen LogP contribution in [0, 0.1) is 11.9 Å². The second kappa shape index (κ2) is 11.4. The topological polar surface area (TPSA) is 89.3 Å². The smallest absolute Gasteiger partial charge is 0.870 e. The van der Waals surface area contributed by atoms with Crippen molar-refractivity contribution in [1.29, 1.82) is 0 Å². The predicted octanol–water partition coefficient (Wildman–Crippen LogP) is 3.68. The second-order valence-electron chi connectivity index (χ2n) is 6.82. The number of benzene rings is 2. The predicted molar refractivity (Wildman–Crippen MR) is 124 cm³/mol. The molecule has 0 fully saturated rings. The zero-order valence-corrected chi connectivity index (χ0v) is 22.4. The molecule has 1 aliphatic carbocycles. The Bertz CT molecular complexity index is 1350. The summed E-state index contributed by atoms with van der Waals surface area (Å²) >= 11 is 25.3. The van der Waals surface area contributed by atoms with E-state index in [0.717, 1.165) is 12.1 Å². The number of allylic oxidation sites excluding steroid dienone is 4. The van der Waals surface area contributed by atoms with Gasteiger partial charge in [-0.2, -0.15) is 0 Å². The molecular formula is C23H12Cl4FNNaO4-. The average Bonchev–Trinajstić information content (AvgIpc) is 3.23. The van der Waals surface area contributed by atoms with E-state index in [9.17, 15) is 19.1 Å². The summed E-state index contributed by atoms with van der Waals surface area (Å²) in [6.07, 6.45) is -0.0364. The summed E-state index contributed by atoms with van der Waals surface area (Å²) in [5.41, 5.74) is 0.256. The largest absolute Gasteiger partial charge is 1.00 e. The van der Waals surface area contributed by atoms with Gasteiger partial charge in [-0.1, -0.05) is 58.5 Å². The molecule has 0 atom stereocenters. The van der Waals surface area contributed by atoms with E-state index in [1.165, 1.54) is 28.8 Å². The second-order valence-corrected chi connectivity index (χ2v) is 8.42. The number of phenols is 1. The van der Waals surface area contributed by atoms with Crippen LogP contribution in [0.3, 0.4) is 0 Å². The van der Waals surface area contributed by atoms with E-state index in [-0.39, 0.29) is 95.5 Å². The third kappa shape index (κ3) is 5.15. The maximum atomic E-state index is 13.3. The number of ketones is 2. The molecule has 5 nitrogen and oxygen atoms in total. The van der Waals surface area contributed by atoms with Crippen LogP contribution < -0.4 is 29.6 Å². The van der Waals surface area contributed by atoms with Gasteiger partial charge in [-0.15, -0.1) is 29.8 Å². The molecule has 0 spiro atoms. The van der Waals surface area contributed by atoms with Gasteiger partial charge in [-0.3, -0.25) is 9.18 Å². The van der Waals surface area contributed by atoms with Crippen molar-refractivity contribution >= 4 is 63.7 Å². The summed E-state index contributed by atoms with van der Waals surface area (Å²) in [6, 6.07) is 13.3. The molecule has 0 unspecified atom stereocenters. The van der Waals surface area contributed by atoms with Crippen molar-refractivity contribution in [3.05, 3.63) is 103 Å². The number of carbonyl (C=O) groups is 2. The van der Waals surface area contributed by atoms with E-state index in [1.54, 1.807) is 12.1 Å². The number of rotatable bonds is 5. The summed E-state index contributed by atoms with van der Waals surface area (Å²) < 4.78 is 14.5. The average molecular weight is 550 g/mol. The molecule has 1 heterocycles. The van der Waals surface area contributed by atoms with Gasteiger partial charge < -0.3 is 19.9 Å². The van der Waals surface area contributed by atoms with Gasteiger partial charge in [0.1, 0.15) is 16.7 Å². The Hall–Kier alpha value is -1.61. The molecule has 2 N–H and O–H groups in total. The molecule has 0 saturated heterocycles. The molecule has 2 aromatic carbocycles. The minimum Gasteiger partial charge on any atom is -0.870 e. The van der Waals surface area contributed by atoms with Crippen molar-refractivity contribution in [2.45, 2.75) is 6.42 Å². The Morgan fingerprint density at radius 3 is 2.32 bits per heavy atom. The van der Waals surface area contributed by atoms with Crippen molar-refractivity contribution in [2.24, 2.45) is 0 Å². The van der Waals surface area contributed by atoms with Crippen LogP contribution in [0.15, 0.2) is 64.2 Å². The molecule has 11 heteroatoms. The number of hydrogen-bond acceptors (Lipinski definition) is 4. The fourth-order valence-corrected chi connectivity index (χ4v) is 4.26. The summed E-state index contributed by atoms with van der Waals surface area (Å²) in [5, 5.41) is 10.3. The fraction of sp³-hybridized carbons (Fsp3) is 0.0435. The van der Waals surface area contributed by atoms with Crippen LogP contribution in [0.5, 0.6) is 5.75 Å². The molecule has 0 radical (unpaired) electrons. The summed E-state index contributed by atoms with van der Waals surface area (Å²) in [5.74, 6) is -1.90. The Kier molecular flexibility index (Phi) is 9.61. The van der Waals surface area contributed by atoms with Crippen molar-refractivity contribution in [3.63, 3.8) is 0 Å². The van der Waals surface area contributed by atoms with E-state index in [1.807, 2.05) is 0 Å². The number of para-hydroxylation sites is 1. The minimum absolute atomic E-state index is 0. The van der Waals surface area contributed by atoms with Crippen LogP contribution in [-0.2, 0) is 0 Å². The number of aromatic hydroxyl groups is 1. The van der Waals surface area contributed by atoms with Crippen LogP contribution in [0.25, 0.3) is 5.70 Å². The zero-order chi connectivity index (χ0) is 23.2. The number of Topliss-reactive ketones (excluding diaryl/α,β-unsaturated/α-hetero) is 1. The molecule has 0 amide bonds. The SMILES string of the molecule is O=C(C1=C(n2c(C(=O)c3[c-]cc(F)cc3)cc(Cl)c2Cl)C(Cl)=C(Cl)C1)c1ccccc1O.[Na+].[OH-]. The maximum Gasteiger partial charge on any atom is 1.00 e. The molecule has 1 aliphatic rings. The van der Waals surface area contributed by atoms with Crippen LogP contribution in [0.2, 0.25) is 10.2 Å². The molecule has 0 saturated carbocycles. The van der Waals surface area contributed by atoms with Crippen molar-refractivity contribution < 1.29 is 54.1 Å². The van der Waals surface area contributed by atoms with Gasteiger partial charge in [0.05, 0.1) is 27.0 Å². The first-order valence-corrected chi connectivity index (χ1v) is 10.6. The van der Waals surface area contributed by atoms with Crippen LogP contribution in [0.1, 0.15) is 32.8 Å². The van der Waals surface area contributed by atoms with E-state index >= 15 is 0 Å². The van der Waals surface area contributed by atoms with Crippen LogP contribution in [-0.4, -0.2) is 26.7 Å². The van der Waals surface area contributed by atoms with Gasteiger partial charge >= 0.3 is 29.6 Å².